The summed E-state index contributed by atoms with van der Waals surface area (Å²) in [5.41, 5.74) is 2.10. The first-order valence-corrected chi connectivity index (χ1v) is 9.18. The van der Waals surface area contributed by atoms with Gasteiger partial charge in [-0.2, -0.15) is 5.01 Å². The molecule has 0 heterocycles. The number of oxime groups is 1. The molecule has 0 unspecified atom stereocenters. The van der Waals surface area contributed by atoms with E-state index < -0.39 is 23.4 Å². The Bertz CT molecular complexity index is 690. The lowest BCUT2D eigenvalue weighted by Crippen LogP contribution is -2.50. The second kappa shape index (κ2) is 10.7. The van der Waals surface area contributed by atoms with E-state index in [1.54, 1.807) is 72.9 Å². The maximum absolute atomic E-state index is 12.6. The van der Waals surface area contributed by atoms with Crippen molar-refractivity contribution in [1.82, 2.24) is 5.43 Å². The number of nitrogens with zero attached hydrogens (tertiary/aromatic N) is 2. The molecule has 0 aliphatic heterocycles. The van der Waals surface area contributed by atoms with E-state index in [2.05, 4.69) is 10.6 Å². The van der Waals surface area contributed by atoms with Gasteiger partial charge >= 0.3 is 12.2 Å². The highest BCUT2D eigenvalue weighted by atomic mass is 16.6. The summed E-state index contributed by atoms with van der Waals surface area (Å²) in [5.74, 6) is 0. The minimum atomic E-state index is -0.777. The van der Waals surface area contributed by atoms with Crippen LogP contribution in [-0.2, 0) is 19.0 Å². The molecule has 1 rings (SSSR count). The lowest BCUT2D eigenvalue weighted by atomic mass is 10.2. The first kappa shape index (κ1) is 24.2. The molecule has 2 amide bonds. The van der Waals surface area contributed by atoms with Crippen molar-refractivity contribution in [2.45, 2.75) is 52.7 Å². The molecule has 0 aliphatic rings. The maximum Gasteiger partial charge on any atom is 0.434 e. The van der Waals surface area contributed by atoms with Crippen LogP contribution in [-0.4, -0.2) is 49.9 Å². The highest BCUT2D eigenvalue weighted by Gasteiger charge is 2.27. The van der Waals surface area contributed by atoms with Crippen molar-refractivity contribution in [1.29, 1.82) is 0 Å². The number of nitrogens with one attached hydrogen (secondary N) is 1. The molecule has 0 saturated carbocycles. The van der Waals surface area contributed by atoms with Gasteiger partial charge in [0.25, 0.3) is 0 Å². The second-order valence-corrected chi connectivity index (χ2v) is 8.08. The van der Waals surface area contributed by atoms with E-state index in [1.807, 2.05) is 0 Å². The molecule has 9 heteroatoms. The quantitative estimate of drug-likeness (QED) is 0.435. The predicted octanol–water partition coefficient (Wildman–Crippen LogP) is 3.86. The van der Waals surface area contributed by atoms with E-state index >= 15 is 0 Å². The minimum Gasteiger partial charge on any atom is -0.443 e. The molecular weight excluding hydrogens is 378 g/mol. The number of carbonyl (C=O) groups excluding carboxylic acids is 2. The van der Waals surface area contributed by atoms with Crippen LogP contribution >= 0.6 is 0 Å². The number of methoxy groups -OCH3 is 1. The zero-order chi connectivity index (χ0) is 22.1. The fourth-order valence-electron chi connectivity index (χ4n) is 1.90. The number of hydrogen-bond acceptors (Lipinski definition) is 7. The zero-order valence-electron chi connectivity index (χ0n) is 18.1. The Morgan fingerprint density at radius 2 is 1.59 bits per heavy atom. The van der Waals surface area contributed by atoms with Gasteiger partial charge in [0, 0.05) is 7.11 Å². The summed E-state index contributed by atoms with van der Waals surface area (Å²) in [6.07, 6.45) is 0.00617. The Morgan fingerprint density at radius 1 is 1.00 bits per heavy atom. The van der Waals surface area contributed by atoms with Crippen LogP contribution in [0.4, 0.5) is 15.3 Å². The average Bonchev–Trinajstić information content (AvgIpc) is 2.57. The van der Waals surface area contributed by atoms with Gasteiger partial charge in [-0.25, -0.2) is 15.0 Å². The largest absolute Gasteiger partial charge is 0.443 e. The van der Waals surface area contributed by atoms with E-state index in [0.717, 1.165) is 10.6 Å². The zero-order valence-corrected chi connectivity index (χ0v) is 18.1. The number of ether oxygens (including phenoxy) is 3. The Labute approximate surface area is 171 Å². The molecule has 0 saturated heterocycles. The van der Waals surface area contributed by atoms with Crippen LogP contribution in [0, 0.1) is 0 Å². The third-order valence-corrected chi connectivity index (χ3v) is 2.98. The summed E-state index contributed by atoms with van der Waals surface area (Å²) in [6, 6.07) is 6.70. The summed E-state index contributed by atoms with van der Waals surface area (Å²) < 4.78 is 15.5. The Balaban J connectivity index is 2.94. The smallest absolute Gasteiger partial charge is 0.434 e. The molecule has 0 atom stereocenters. The molecule has 1 aromatic rings. The third-order valence-electron chi connectivity index (χ3n) is 2.98. The third kappa shape index (κ3) is 10.3. The number of anilines is 1. The van der Waals surface area contributed by atoms with Crippen molar-refractivity contribution >= 4 is 24.1 Å². The Morgan fingerprint density at radius 3 is 2.10 bits per heavy atom. The van der Waals surface area contributed by atoms with Gasteiger partial charge in [-0.05, 0) is 59.2 Å². The lowest BCUT2D eigenvalue weighted by molar-refractivity contribution is 0.0425. The summed E-state index contributed by atoms with van der Waals surface area (Å²) in [4.78, 5) is 29.8. The van der Waals surface area contributed by atoms with Crippen LogP contribution in [0.3, 0.4) is 0 Å². The molecule has 0 radical (unpaired) electrons. The first-order valence-electron chi connectivity index (χ1n) is 9.18. The standard InChI is InChI=1S/C20H31N3O6/c1-19(2,3)28-17(24)22-23(18(25)29-20(4,5)6)16-10-8-15(9-11-16)14-21-27-13-12-26-7/h8-11,14H,12-13H2,1-7H3,(H,22,24)/b21-14+. The van der Waals surface area contributed by atoms with Gasteiger partial charge in [-0.15, -0.1) is 0 Å². The summed E-state index contributed by atoms with van der Waals surface area (Å²) in [5, 5.41) is 4.82. The van der Waals surface area contributed by atoms with Crippen LogP contribution in [0.2, 0.25) is 0 Å². The van der Waals surface area contributed by atoms with Gasteiger partial charge in [0.1, 0.15) is 17.8 Å². The van der Waals surface area contributed by atoms with Crippen molar-refractivity contribution in [3.63, 3.8) is 0 Å². The number of rotatable bonds is 6. The van der Waals surface area contributed by atoms with Crippen molar-refractivity contribution in [3.05, 3.63) is 29.8 Å². The first-order chi connectivity index (χ1) is 13.4. The fourth-order valence-corrected chi connectivity index (χ4v) is 1.90. The van der Waals surface area contributed by atoms with E-state index in [0.29, 0.717) is 18.9 Å². The van der Waals surface area contributed by atoms with Gasteiger partial charge in [0.2, 0.25) is 0 Å². The molecule has 1 N–H and O–H groups in total. The van der Waals surface area contributed by atoms with Crippen molar-refractivity contribution < 1.29 is 28.6 Å². The van der Waals surface area contributed by atoms with Crippen LogP contribution in [0.5, 0.6) is 0 Å². The summed E-state index contributed by atoms with van der Waals surface area (Å²) >= 11 is 0. The maximum atomic E-state index is 12.6. The predicted molar refractivity (Wildman–Crippen MR) is 110 cm³/mol. The lowest BCUT2D eigenvalue weighted by Gasteiger charge is -2.28. The van der Waals surface area contributed by atoms with Crippen LogP contribution < -0.4 is 10.4 Å². The van der Waals surface area contributed by atoms with Gasteiger partial charge in [-0.1, -0.05) is 17.3 Å². The van der Waals surface area contributed by atoms with E-state index in [1.165, 1.54) is 6.21 Å². The number of carbonyl (C=O) groups is 2. The second-order valence-electron chi connectivity index (χ2n) is 8.08. The van der Waals surface area contributed by atoms with E-state index in [9.17, 15) is 9.59 Å². The normalized spacial score (nSPS) is 11.8. The molecule has 0 aliphatic carbocycles. The Kier molecular flexibility index (Phi) is 8.90. The number of benzene rings is 1. The summed E-state index contributed by atoms with van der Waals surface area (Å²) in [6.45, 7) is 11.2. The van der Waals surface area contributed by atoms with Crippen molar-refractivity contribution in [2.24, 2.45) is 5.16 Å². The van der Waals surface area contributed by atoms with Crippen molar-refractivity contribution in [2.75, 3.05) is 25.3 Å². The van der Waals surface area contributed by atoms with E-state index in [4.69, 9.17) is 19.0 Å². The molecule has 162 valence electrons. The molecule has 1 aromatic carbocycles. The van der Waals surface area contributed by atoms with Gasteiger partial charge < -0.3 is 19.0 Å². The van der Waals surface area contributed by atoms with E-state index in [-0.39, 0.29) is 0 Å². The molecule has 0 spiro atoms. The number of amides is 2. The highest BCUT2D eigenvalue weighted by molar-refractivity contribution is 5.91. The molecular formula is C20H31N3O6. The Hall–Kier alpha value is -2.81. The SMILES string of the molecule is COCCO/N=C/c1ccc(N(NC(=O)OC(C)(C)C)C(=O)OC(C)(C)C)cc1. The van der Waals surface area contributed by atoms with Crippen LogP contribution in [0.1, 0.15) is 47.1 Å². The molecule has 0 aromatic heterocycles. The monoisotopic (exact) mass is 409 g/mol. The van der Waals surface area contributed by atoms with Crippen molar-refractivity contribution in [3.8, 4) is 0 Å². The van der Waals surface area contributed by atoms with Gasteiger partial charge in [0.05, 0.1) is 18.5 Å². The van der Waals surface area contributed by atoms with Gasteiger partial charge in [0.15, 0.2) is 0 Å². The topological polar surface area (TPSA) is 98.7 Å². The van der Waals surface area contributed by atoms with Crippen LogP contribution in [0.15, 0.2) is 29.4 Å². The number of hydrogen-bond donors (Lipinski definition) is 1. The highest BCUT2D eigenvalue weighted by Crippen LogP contribution is 2.18. The minimum absolute atomic E-state index is 0.345. The fraction of sp³-hybridized carbons (Fsp3) is 0.550. The summed E-state index contributed by atoms with van der Waals surface area (Å²) in [7, 11) is 1.58. The molecule has 0 fully saturated rings. The number of hydrazine groups is 1. The van der Waals surface area contributed by atoms with Crippen LogP contribution in [0.25, 0.3) is 0 Å². The average molecular weight is 409 g/mol. The molecule has 9 nitrogen and oxygen atoms in total. The molecule has 29 heavy (non-hydrogen) atoms. The molecule has 0 bridgehead atoms. The van der Waals surface area contributed by atoms with Gasteiger partial charge in [-0.3, -0.25) is 0 Å².